The van der Waals surface area contributed by atoms with Crippen molar-refractivity contribution in [2.45, 2.75) is 45.2 Å². The van der Waals surface area contributed by atoms with E-state index in [0.29, 0.717) is 0 Å². The average molecular weight is 379 g/mol. The molecule has 2 aliphatic carbocycles. The number of fused-ring (bicyclic) bond motifs is 1. The van der Waals surface area contributed by atoms with Crippen molar-refractivity contribution in [2.75, 3.05) is 20.2 Å². The van der Waals surface area contributed by atoms with Crippen molar-refractivity contribution in [3.8, 4) is 5.75 Å². The molecule has 0 heterocycles. The molecule has 0 bridgehead atoms. The fourth-order valence-corrected chi connectivity index (χ4v) is 3.86. The lowest BCUT2D eigenvalue weighted by molar-refractivity contribution is 0.0737. The highest BCUT2D eigenvalue weighted by molar-refractivity contribution is 5.94. The Hall–Kier alpha value is -2.33. The molecule has 0 unspecified atom stereocenters. The van der Waals surface area contributed by atoms with Crippen LogP contribution in [0.25, 0.3) is 0 Å². The molecule has 4 nitrogen and oxygen atoms in total. The summed E-state index contributed by atoms with van der Waals surface area (Å²) in [5.74, 6) is 1.67. The average Bonchev–Trinajstić information content (AvgIpc) is 3.46. The molecule has 0 radical (unpaired) electrons. The quantitative estimate of drug-likeness (QED) is 0.759. The zero-order chi connectivity index (χ0) is 19.5. The zero-order valence-corrected chi connectivity index (χ0v) is 16.9. The maximum Gasteiger partial charge on any atom is 0.253 e. The Kier molecular flexibility index (Phi) is 5.67. The molecule has 1 N–H and O–H groups in total. The van der Waals surface area contributed by atoms with Gasteiger partial charge in [0.2, 0.25) is 0 Å². The van der Waals surface area contributed by atoms with Crippen LogP contribution in [-0.2, 0) is 19.4 Å². The predicted octanol–water partition coefficient (Wildman–Crippen LogP) is 3.82. The molecule has 2 aliphatic rings. The first-order valence-electron chi connectivity index (χ1n) is 10.5. The van der Waals surface area contributed by atoms with Gasteiger partial charge >= 0.3 is 0 Å². The molecular weight excluding hydrogens is 348 g/mol. The van der Waals surface area contributed by atoms with Crippen molar-refractivity contribution in [3.63, 3.8) is 0 Å². The highest BCUT2D eigenvalue weighted by Crippen LogP contribution is 2.30. The maximum atomic E-state index is 13.0. The third-order valence-electron chi connectivity index (χ3n) is 5.91. The largest absolute Gasteiger partial charge is 0.493 e. The van der Waals surface area contributed by atoms with Crippen molar-refractivity contribution in [1.29, 1.82) is 0 Å². The van der Waals surface area contributed by atoms with E-state index in [-0.39, 0.29) is 11.9 Å². The summed E-state index contributed by atoms with van der Waals surface area (Å²) in [5.41, 5.74) is 4.79. The van der Waals surface area contributed by atoms with E-state index >= 15 is 0 Å². The fourth-order valence-electron chi connectivity index (χ4n) is 3.86. The van der Waals surface area contributed by atoms with Gasteiger partial charge in [0.05, 0.1) is 6.61 Å². The zero-order valence-electron chi connectivity index (χ0n) is 16.9. The van der Waals surface area contributed by atoms with Crippen molar-refractivity contribution in [3.05, 3.63) is 64.7 Å². The number of hydrogen-bond acceptors (Lipinski definition) is 3. The number of carbonyl (C=O) groups excluding carboxylic acids is 1. The number of hydrogen-bond donors (Lipinski definition) is 1. The Morgan fingerprint density at radius 3 is 2.57 bits per heavy atom. The van der Waals surface area contributed by atoms with E-state index in [1.54, 1.807) is 0 Å². The topological polar surface area (TPSA) is 41.6 Å². The maximum absolute atomic E-state index is 13.0. The Balaban J connectivity index is 1.36. The number of rotatable bonds is 8. The molecule has 4 rings (SSSR count). The fraction of sp³-hybridized carbons (Fsp3) is 0.458. The number of nitrogens with zero attached hydrogens (tertiary/aromatic N) is 1. The van der Waals surface area contributed by atoms with Crippen molar-refractivity contribution >= 4 is 5.91 Å². The second-order valence-corrected chi connectivity index (χ2v) is 8.14. The molecule has 0 saturated heterocycles. The minimum Gasteiger partial charge on any atom is -0.493 e. The highest BCUT2D eigenvalue weighted by atomic mass is 16.5. The second kappa shape index (κ2) is 8.36. The summed E-state index contributed by atoms with van der Waals surface area (Å²) in [4.78, 5) is 14.9. The Morgan fingerprint density at radius 2 is 1.86 bits per heavy atom. The summed E-state index contributed by atoms with van der Waals surface area (Å²) in [6.07, 6.45) is 4.42. The molecule has 1 saturated carbocycles. The van der Waals surface area contributed by atoms with Gasteiger partial charge in [0.15, 0.2) is 0 Å². The van der Waals surface area contributed by atoms with Crippen LogP contribution in [0, 0.1) is 5.92 Å². The van der Waals surface area contributed by atoms with Gasteiger partial charge in [-0.15, -0.1) is 0 Å². The number of nitrogens with one attached hydrogen (secondary N) is 1. The summed E-state index contributed by atoms with van der Waals surface area (Å²) in [6.45, 7) is 4.79. The Bertz CT molecular complexity index is 827. The van der Waals surface area contributed by atoms with Crippen LogP contribution in [0.5, 0.6) is 5.75 Å². The standard InChI is InChI=1S/C24H30N2O2/c1-3-25-15-18-6-7-20-13-22(14-21(20)12-18)26(2)24(27)19-8-10-23(11-9-19)28-16-17-4-5-17/h6-12,17,22,25H,3-5,13-16H2,1-2H3/t22-/m1/s1. The number of benzene rings is 2. The molecule has 0 aliphatic heterocycles. The van der Waals surface area contributed by atoms with Gasteiger partial charge < -0.3 is 15.0 Å². The lowest BCUT2D eigenvalue weighted by Gasteiger charge is -2.24. The molecule has 148 valence electrons. The third kappa shape index (κ3) is 4.39. The molecule has 1 atom stereocenters. The molecule has 28 heavy (non-hydrogen) atoms. The van der Waals surface area contributed by atoms with Crippen LogP contribution in [0.3, 0.4) is 0 Å². The van der Waals surface area contributed by atoms with Crippen molar-refractivity contribution < 1.29 is 9.53 Å². The van der Waals surface area contributed by atoms with Gasteiger partial charge in [0.1, 0.15) is 5.75 Å². The molecule has 0 aromatic heterocycles. The van der Waals surface area contributed by atoms with E-state index < -0.39 is 0 Å². The van der Waals surface area contributed by atoms with Crippen LogP contribution < -0.4 is 10.1 Å². The van der Waals surface area contributed by atoms with Crippen molar-refractivity contribution in [1.82, 2.24) is 10.2 Å². The van der Waals surface area contributed by atoms with Crippen LogP contribution in [0.2, 0.25) is 0 Å². The minimum absolute atomic E-state index is 0.0828. The van der Waals surface area contributed by atoms with Crippen LogP contribution >= 0.6 is 0 Å². The van der Waals surface area contributed by atoms with E-state index in [2.05, 4.69) is 30.4 Å². The molecule has 1 fully saturated rings. The Labute approximate surface area is 167 Å². The van der Waals surface area contributed by atoms with Gasteiger partial charge in [-0.3, -0.25) is 4.79 Å². The molecule has 1 amide bonds. The highest BCUT2D eigenvalue weighted by Gasteiger charge is 2.28. The number of likely N-dealkylation sites (N-methyl/N-ethyl adjacent to an activating group) is 1. The summed E-state index contributed by atoms with van der Waals surface area (Å²) in [6, 6.07) is 14.6. The first-order valence-corrected chi connectivity index (χ1v) is 10.5. The van der Waals surface area contributed by atoms with Gasteiger partial charge in [-0.25, -0.2) is 0 Å². The summed E-state index contributed by atoms with van der Waals surface area (Å²) >= 11 is 0. The first-order chi connectivity index (χ1) is 13.6. The second-order valence-electron chi connectivity index (χ2n) is 8.14. The normalized spacial score (nSPS) is 18.0. The summed E-state index contributed by atoms with van der Waals surface area (Å²) in [5, 5.41) is 3.38. The molecule has 4 heteroatoms. The number of amides is 1. The van der Waals surface area contributed by atoms with Gasteiger partial charge in [0.25, 0.3) is 5.91 Å². The molecule has 2 aromatic carbocycles. The number of ether oxygens (including phenoxy) is 1. The summed E-state index contributed by atoms with van der Waals surface area (Å²) < 4.78 is 5.78. The van der Waals surface area contributed by atoms with E-state index in [1.807, 2.05) is 36.2 Å². The van der Waals surface area contributed by atoms with E-state index in [0.717, 1.165) is 49.8 Å². The van der Waals surface area contributed by atoms with Crippen LogP contribution in [0.4, 0.5) is 0 Å². The molecule has 0 spiro atoms. The number of carbonyl (C=O) groups is 1. The van der Waals surface area contributed by atoms with Crippen LogP contribution in [-0.4, -0.2) is 37.0 Å². The third-order valence-corrected chi connectivity index (χ3v) is 5.91. The van der Waals surface area contributed by atoms with Gasteiger partial charge in [-0.1, -0.05) is 25.1 Å². The van der Waals surface area contributed by atoms with E-state index in [4.69, 9.17) is 4.74 Å². The molecular formula is C24H30N2O2. The Morgan fingerprint density at radius 1 is 1.11 bits per heavy atom. The lowest BCUT2D eigenvalue weighted by atomic mass is 10.1. The summed E-state index contributed by atoms with van der Waals surface area (Å²) in [7, 11) is 1.93. The van der Waals surface area contributed by atoms with E-state index in [1.165, 1.54) is 29.5 Å². The first kappa shape index (κ1) is 19.0. The van der Waals surface area contributed by atoms with Gasteiger partial charge in [-0.05, 0) is 79.1 Å². The monoisotopic (exact) mass is 378 g/mol. The van der Waals surface area contributed by atoms with Crippen molar-refractivity contribution in [2.24, 2.45) is 5.92 Å². The lowest BCUT2D eigenvalue weighted by Crippen LogP contribution is -2.37. The van der Waals surface area contributed by atoms with Crippen LogP contribution in [0.1, 0.15) is 46.8 Å². The van der Waals surface area contributed by atoms with Crippen LogP contribution in [0.15, 0.2) is 42.5 Å². The minimum atomic E-state index is 0.0828. The smallest absolute Gasteiger partial charge is 0.253 e. The van der Waals surface area contributed by atoms with Gasteiger partial charge in [-0.2, -0.15) is 0 Å². The molecule has 2 aromatic rings. The predicted molar refractivity (Wildman–Crippen MR) is 112 cm³/mol. The van der Waals surface area contributed by atoms with Gasteiger partial charge in [0, 0.05) is 25.2 Å². The van der Waals surface area contributed by atoms with E-state index in [9.17, 15) is 4.79 Å². The SMILES string of the molecule is CCNCc1ccc2c(c1)C[C@H](N(C)C(=O)c1ccc(OCC3CC3)cc1)C2.